The van der Waals surface area contributed by atoms with Crippen molar-refractivity contribution in [1.82, 2.24) is 5.32 Å². The van der Waals surface area contributed by atoms with Gasteiger partial charge >= 0.3 is 5.97 Å². The topological polar surface area (TPSA) is 49.3 Å². The van der Waals surface area contributed by atoms with Gasteiger partial charge in [0.1, 0.15) is 0 Å². The molecule has 1 fully saturated rings. The Morgan fingerprint density at radius 3 is 2.56 bits per heavy atom. The number of benzene rings is 1. The van der Waals surface area contributed by atoms with Crippen LogP contribution < -0.4 is 5.32 Å². The van der Waals surface area contributed by atoms with Crippen LogP contribution in [0.1, 0.15) is 11.6 Å². The van der Waals surface area contributed by atoms with Gasteiger partial charge in [0.2, 0.25) is 0 Å². The van der Waals surface area contributed by atoms with E-state index in [1.807, 2.05) is 0 Å². The van der Waals surface area contributed by atoms with Gasteiger partial charge in [-0.25, -0.2) is 4.79 Å². The van der Waals surface area contributed by atoms with Crippen molar-refractivity contribution in [1.29, 1.82) is 0 Å². The van der Waals surface area contributed by atoms with Crippen LogP contribution in [0.5, 0.6) is 0 Å². The molecular formula is C10H9Cl2NO2S. The van der Waals surface area contributed by atoms with E-state index in [0.717, 1.165) is 5.56 Å². The van der Waals surface area contributed by atoms with Crippen LogP contribution in [0, 0.1) is 0 Å². The number of thioether (sulfide) groups is 1. The molecule has 16 heavy (non-hydrogen) atoms. The number of halogens is 2. The van der Waals surface area contributed by atoms with Crippen LogP contribution in [0.2, 0.25) is 10.0 Å². The van der Waals surface area contributed by atoms with Crippen molar-refractivity contribution in [2.24, 2.45) is 0 Å². The lowest BCUT2D eigenvalue weighted by Gasteiger charge is -2.14. The number of carboxylic acid groups (broad SMARTS) is 1. The fourth-order valence-electron chi connectivity index (χ4n) is 1.62. The molecule has 0 unspecified atom stereocenters. The highest BCUT2D eigenvalue weighted by Gasteiger charge is 2.32. The summed E-state index contributed by atoms with van der Waals surface area (Å²) in [4.78, 5) is 10.8. The van der Waals surface area contributed by atoms with Gasteiger partial charge in [0.05, 0.1) is 0 Å². The van der Waals surface area contributed by atoms with Gasteiger partial charge < -0.3 is 5.11 Å². The van der Waals surface area contributed by atoms with Gasteiger partial charge in [0, 0.05) is 27.4 Å². The number of hydrogen-bond donors (Lipinski definition) is 2. The third-order valence-corrected chi connectivity index (χ3v) is 4.21. The first-order chi connectivity index (χ1) is 7.59. The summed E-state index contributed by atoms with van der Waals surface area (Å²) in [5, 5.41) is 12.4. The number of carboxylic acids is 1. The Kier molecular flexibility index (Phi) is 3.64. The summed E-state index contributed by atoms with van der Waals surface area (Å²) >= 11 is 13.5. The summed E-state index contributed by atoms with van der Waals surface area (Å²) in [5.74, 6) is -0.212. The Balaban J connectivity index is 2.24. The van der Waals surface area contributed by atoms with E-state index < -0.39 is 11.3 Å². The fourth-order valence-corrected chi connectivity index (χ4v) is 3.34. The van der Waals surface area contributed by atoms with Crippen LogP contribution in [-0.2, 0) is 4.79 Å². The second-order valence-corrected chi connectivity index (χ2v) is 5.36. The molecule has 86 valence electrons. The molecule has 1 aliphatic rings. The highest BCUT2D eigenvalue weighted by Crippen LogP contribution is 2.36. The molecular weight excluding hydrogens is 269 g/mol. The fraction of sp³-hybridized carbons (Fsp3) is 0.300. The number of aliphatic carboxylic acids is 1. The van der Waals surface area contributed by atoms with Crippen molar-refractivity contribution >= 4 is 40.9 Å². The van der Waals surface area contributed by atoms with Crippen molar-refractivity contribution in [2.45, 2.75) is 11.4 Å². The zero-order valence-corrected chi connectivity index (χ0v) is 10.4. The minimum atomic E-state index is -0.865. The minimum Gasteiger partial charge on any atom is -0.479 e. The first-order valence-corrected chi connectivity index (χ1v) is 6.44. The number of rotatable bonds is 2. The molecule has 2 rings (SSSR count). The van der Waals surface area contributed by atoms with E-state index in [-0.39, 0.29) is 6.04 Å². The van der Waals surface area contributed by atoms with Crippen LogP contribution in [0.4, 0.5) is 0 Å². The van der Waals surface area contributed by atoms with Crippen molar-refractivity contribution in [2.75, 3.05) is 5.75 Å². The van der Waals surface area contributed by atoms with Gasteiger partial charge in [-0.2, -0.15) is 0 Å². The van der Waals surface area contributed by atoms with Crippen LogP contribution >= 0.6 is 35.0 Å². The van der Waals surface area contributed by atoms with Gasteiger partial charge in [-0.1, -0.05) is 29.3 Å². The molecule has 6 heteroatoms. The second-order valence-electron chi connectivity index (χ2n) is 3.41. The molecule has 0 radical (unpaired) electrons. The van der Waals surface area contributed by atoms with Crippen LogP contribution in [-0.4, -0.2) is 22.2 Å². The molecule has 1 aliphatic heterocycles. The summed E-state index contributed by atoms with van der Waals surface area (Å²) in [5.41, 5.74) is 0.780. The molecule has 1 aromatic rings. The quantitative estimate of drug-likeness (QED) is 0.873. The lowest BCUT2D eigenvalue weighted by molar-refractivity contribution is -0.137. The largest absolute Gasteiger partial charge is 0.479 e. The van der Waals surface area contributed by atoms with E-state index in [1.54, 1.807) is 18.2 Å². The Bertz CT molecular complexity index is 407. The predicted octanol–water partition coefficient (Wildman–Crippen LogP) is 2.78. The molecule has 0 aliphatic carbocycles. The van der Waals surface area contributed by atoms with E-state index >= 15 is 0 Å². The molecule has 3 nitrogen and oxygen atoms in total. The van der Waals surface area contributed by atoms with E-state index in [0.29, 0.717) is 15.8 Å². The molecule has 1 aromatic carbocycles. The van der Waals surface area contributed by atoms with Crippen molar-refractivity contribution in [3.8, 4) is 0 Å². The summed E-state index contributed by atoms with van der Waals surface area (Å²) in [6.07, 6.45) is 0. The summed E-state index contributed by atoms with van der Waals surface area (Å²) < 4.78 is 0. The maximum Gasteiger partial charge on any atom is 0.331 e. The molecule has 0 bridgehead atoms. The predicted molar refractivity (Wildman–Crippen MR) is 66.2 cm³/mol. The van der Waals surface area contributed by atoms with Crippen LogP contribution in [0.3, 0.4) is 0 Å². The zero-order chi connectivity index (χ0) is 11.7. The zero-order valence-electron chi connectivity index (χ0n) is 8.11. The van der Waals surface area contributed by atoms with Gasteiger partial charge in [-0.3, -0.25) is 5.32 Å². The molecule has 2 atom stereocenters. The Labute approximate surface area is 107 Å². The second kappa shape index (κ2) is 4.84. The maximum absolute atomic E-state index is 10.8. The van der Waals surface area contributed by atoms with Gasteiger partial charge in [0.25, 0.3) is 0 Å². The molecule has 1 saturated heterocycles. The molecule has 1 heterocycles. The lowest BCUT2D eigenvalue weighted by Crippen LogP contribution is -2.30. The monoisotopic (exact) mass is 277 g/mol. The number of hydrogen-bond acceptors (Lipinski definition) is 3. The first-order valence-electron chi connectivity index (χ1n) is 4.64. The van der Waals surface area contributed by atoms with E-state index in [4.69, 9.17) is 28.3 Å². The highest BCUT2D eigenvalue weighted by molar-refractivity contribution is 8.00. The highest BCUT2D eigenvalue weighted by atomic mass is 35.5. The molecule has 2 N–H and O–H groups in total. The first kappa shape index (κ1) is 12.0. The van der Waals surface area contributed by atoms with Crippen molar-refractivity contribution in [3.63, 3.8) is 0 Å². The number of nitrogens with one attached hydrogen (secondary N) is 1. The normalized spacial score (nSPS) is 24.6. The van der Waals surface area contributed by atoms with Crippen LogP contribution in [0.15, 0.2) is 18.2 Å². The molecule has 0 saturated carbocycles. The summed E-state index contributed by atoms with van der Waals surface area (Å²) in [6.45, 7) is 0. The standard InChI is InChI=1S/C10H9Cl2NO2S/c11-5-2-1-3-6(12)8(5)7-4-16-9(13-7)10(14)15/h1-3,7,9,13H,4H2,(H,14,15)/t7-,9+/m0/s1. The third kappa shape index (κ3) is 2.30. The van der Waals surface area contributed by atoms with E-state index in [9.17, 15) is 4.79 Å². The van der Waals surface area contributed by atoms with Gasteiger partial charge in [-0.15, -0.1) is 11.8 Å². The van der Waals surface area contributed by atoms with Crippen molar-refractivity contribution < 1.29 is 9.90 Å². The minimum absolute atomic E-state index is 0.104. The Hall–Kier alpha value is -0.420. The summed E-state index contributed by atoms with van der Waals surface area (Å²) in [6, 6.07) is 5.17. The molecule has 0 amide bonds. The van der Waals surface area contributed by atoms with E-state index in [1.165, 1.54) is 11.8 Å². The smallest absolute Gasteiger partial charge is 0.331 e. The van der Waals surface area contributed by atoms with Crippen molar-refractivity contribution in [3.05, 3.63) is 33.8 Å². The lowest BCUT2D eigenvalue weighted by atomic mass is 10.1. The third-order valence-electron chi connectivity index (χ3n) is 2.35. The average molecular weight is 278 g/mol. The SMILES string of the molecule is O=C(O)[C@@H]1N[C@H](c2c(Cl)cccc2Cl)CS1. The average Bonchev–Trinajstić information content (AvgIpc) is 2.66. The maximum atomic E-state index is 10.8. The molecule has 0 spiro atoms. The summed E-state index contributed by atoms with van der Waals surface area (Å²) in [7, 11) is 0. The Morgan fingerprint density at radius 2 is 2.06 bits per heavy atom. The Morgan fingerprint density at radius 1 is 1.44 bits per heavy atom. The molecule has 0 aromatic heterocycles. The van der Waals surface area contributed by atoms with Crippen LogP contribution in [0.25, 0.3) is 0 Å². The van der Waals surface area contributed by atoms with Gasteiger partial charge in [0.15, 0.2) is 5.37 Å². The van der Waals surface area contributed by atoms with Gasteiger partial charge in [-0.05, 0) is 12.1 Å². The number of carbonyl (C=O) groups is 1. The van der Waals surface area contributed by atoms with E-state index in [2.05, 4.69) is 5.32 Å².